The third-order valence-corrected chi connectivity index (χ3v) is 8.88. The number of benzene rings is 1. The second-order valence-electron chi connectivity index (χ2n) is 10.1. The van der Waals surface area contributed by atoms with E-state index in [4.69, 9.17) is 16.0 Å². The fourth-order valence-electron chi connectivity index (χ4n) is 5.41. The number of fused-ring (bicyclic) bond motifs is 1. The van der Waals surface area contributed by atoms with E-state index in [0.29, 0.717) is 46.4 Å². The molecule has 0 atom stereocenters. The molecule has 1 aromatic carbocycles. The summed E-state index contributed by atoms with van der Waals surface area (Å²) < 4.78 is 56.5. The minimum Gasteiger partial charge on any atom is -0.374 e. The van der Waals surface area contributed by atoms with E-state index in [0.717, 1.165) is 19.3 Å². The lowest BCUT2D eigenvalue weighted by atomic mass is 9.91. The van der Waals surface area contributed by atoms with Gasteiger partial charge < -0.3 is 14.3 Å². The number of nitrogens with one attached hydrogen (secondary N) is 1. The van der Waals surface area contributed by atoms with Gasteiger partial charge in [-0.25, -0.2) is 9.11 Å². The predicted molar refractivity (Wildman–Crippen MR) is 137 cm³/mol. The molecule has 12 heteroatoms. The van der Waals surface area contributed by atoms with E-state index in [1.54, 1.807) is 17.9 Å². The van der Waals surface area contributed by atoms with Crippen molar-refractivity contribution in [2.24, 2.45) is 0 Å². The molecule has 1 saturated carbocycles. The van der Waals surface area contributed by atoms with Crippen LogP contribution in [-0.4, -0.2) is 49.4 Å². The first-order chi connectivity index (χ1) is 18.7. The van der Waals surface area contributed by atoms with Gasteiger partial charge in [0, 0.05) is 13.2 Å². The summed E-state index contributed by atoms with van der Waals surface area (Å²) in [6, 6.07) is 6.06. The maximum atomic E-state index is 15.0. The van der Waals surface area contributed by atoms with Gasteiger partial charge in [0.2, 0.25) is 5.91 Å². The zero-order valence-corrected chi connectivity index (χ0v) is 22.1. The second kappa shape index (κ2) is 9.51. The van der Waals surface area contributed by atoms with Crippen molar-refractivity contribution in [1.29, 1.82) is 0 Å². The molecule has 1 N–H and O–H groups in total. The summed E-state index contributed by atoms with van der Waals surface area (Å²) in [6.45, 7) is 7.84. The van der Waals surface area contributed by atoms with Crippen molar-refractivity contribution in [3.63, 3.8) is 0 Å². The van der Waals surface area contributed by atoms with Crippen LogP contribution in [0.4, 0.5) is 10.2 Å². The van der Waals surface area contributed by atoms with E-state index >= 15 is 0 Å². The Balaban J connectivity index is 1.32. The van der Waals surface area contributed by atoms with Crippen LogP contribution in [0.1, 0.15) is 47.7 Å². The Kier molecular flexibility index (Phi) is 6.25. The molecule has 0 radical (unpaired) electrons. The summed E-state index contributed by atoms with van der Waals surface area (Å²) in [5, 5.41) is 4.08. The average Bonchev–Trinajstić information content (AvgIpc) is 3.42. The number of nitrogens with zero attached hydrogens (tertiary/aromatic N) is 4. The Hall–Kier alpha value is -3.66. The molecule has 2 aromatic heterocycles. The molecule has 0 unspecified atom stereocenters. The van der Waals surface area contributed by atoms with Crippen molar-refractivity contribution in [3.8, 4) is 11.1 Å². The molecular formula is C27H26FN5O5S. The Morgan fingerprint density at radius 2 is 2.05 bits per heavy atom. The number of carbonyl (C=O) groups excluding carboxylic acids is 1. The van der Waals surface area contributed by atoms with Crippen LogP contribution in [0.3, 0.4) is 0 Å². The van der Waals surface area contributed by atoms with Crippen LogP contribution in [0.5, 0.6) is 0 Å². The van der Waals surface area contributed by atoms with Gasteiger partial charge in [0.1, 0.15) is 12.0 Å². The molecule has 1 aliphatic heterocycles. The van der Waals surface area contributed by atoms with E-state index < -0.39 is 21.5 Å². The lowest BCUT2D eigenvalue weighted by Crippen LogP contribution is -2.49. The molecule has 0 spiro atoms. The molecule has 39 heavy (non-hydrogen) atoms. The van der Waals surface area contributed by atoms with E-state index in [-0.39, 0.29) is 42.3 Å². The van der Waals surface area contributed by atoms with Crippen LogP contribution >= 0.6 is 0 Å². The standard InChI is InChI=1S/C27H26FN5O5S/c1-29-24-10-16(8-9-30-24)20-11-22(28)19-5-3-4-18(19)21(20)12-25(34)32-39(35,36)26-13-23(27(37-2)14-38-15-27)33(31-26)17-6-7-17/h8-11,13,17H,3-7,12,14-15H2,2H3,(H,32,34). The van der Waals surface area contributed by atoms with E-state index in [1.165, 1.54) is 24.4 Å². The first-order valence-electron chi connectivity index (χ1n) is 12.7. The van der Waals surface area contributed by atoms with Crippen LogP contribution in [0.2, 0.25) is 0 Å². The van der Waals surface area contributed by atoms with Gasteiger partial charge in [-0.1, -0.05) is 6.57 Å². The van der Waals surface area contributed by atoms with E-state index in [2.05, 4.69) is 19.6 Å². The fourth-order valence-corrected chi connectivity index (χ4v) is 6.35. The fraction of sp³-hybridized carbons (Fsp3) is 0.407. The minimum atomic E-state index is -4.30. The van der Waals surface area contributed by atoms with Crippen LogP contribution in [0.15, 0.2) is 35.5 Å². The molecule has 6 rings (SSSR count). The zero-order chi connectivity index (χ0) is 27.4. The van der Waals surface area contributed by atoms with Crippen LogP contribution in [0.25, 0.3) is 16.0 Å². The minimum absolute atomic E-state index is 0.0809. The number of halogens is 1. The summed E-state index contributed by atoms with van der Waals surface area (Å²) in [6.07, 6.45) is 4.79. The van der Waals surface area contributed by atoms with E-state index in [1.807, 2.05) is 0 Å². The largest absolute Gasteiger partial charge is 0.374 e. The van der Waals surface area contributed by atoms with Crippen LogP contribution < -0.4 is 4.72 Å². The van der Waals surface area contributed by atoms with Crippen molar-refractivity contribution >= 4 is 21.7 Å². The zero-order valence-electron chi connectivity index (χ0n) is 21.2. The second-order valence-corrected chi connectivity index (χ2v) is 11.8. The highest BCUT2D eigenvalue weighted by Gasteiger charge is 2.46. The summed E-state index contributed by atoms with van der Waals surface area (Å²) in [5.41, 5.74) is 2.63. The number of amides is 1. The maximum absolute atomic E-state index is 15.0. The molecule has 1 saturated heterocycles. The molecule has 1 amide bonds. The van der Waals surface area contributed by atoms with Gasteiger partial charge in [0.05, 0.1) is 31.4 Å². The predicted octanol–water partition coefficient (Wildman–Crippen LogP) is 3.38. The molecule has 0 bridgehead atoms. The Morgan fingerprint density at radius 3 is 2.72 bits per heavy atom. The van der Waals surface area contributed by atoms with Crippen LogP contribution in [-0.2, 0) is 49.2 Å². The first kappa shape index (κ1) is 25.6. The monoisotopic (exact) mass is 551 g/mol. The Bertz CT molecular complexity index is 1630. The van der Waals surface area contributed by atoms with Crippen molar-refractivity contribution in [2.75, 3.05) is 20.3 Å². The summed E-state index contributed by atoms with van der Waals surface area (Å²) in [5.74, 6) is -0.993. The highest BCUT2D eigenvalue weighted by Crippen LogP contribution is 2.42. The lowest BCUT2D eigenvalue weighted by molar-refractivity contribution is -0.206. The van der Waals surface area contributed by atoms with Gasteiger partial charge in [-0.3, -0.25) is 9.48 Å². The third kappa shape index (κ3) is 4.50. The Morgan fingerprint density at radius 1 is 1.28 bits per heavy atom. The van der Waals surface area contributed by atoms with Crippen molar-refractivity contribution in [3.05, 3.63) is 70.1 Å². The number of carbonyl (C=O) groups is 1. The number of methoxy groups -OCH3 is 1. The molecule has 2 aliphatic carbocycles. The van der Waals surface area contributed by atoms with Gasteiger partial charge in [0.25, 0.3) is 15.8 Å². The molecule has 2 fully saturated rings. The number of ether oxygens (including phenoxy) is 2. The maximum Gasteiger partial charge on any atom is 0.283 e. The van der Waals surface area contributed by atoms with Gasteiger partial charge in [-0.05, 0) is 78.1 Å². The van der Waals surface area contributed by atoms with Crippen molar-refractivity contribution in [2.45, 2.75) is 55.2 Å². The highest BCUT2D eigenvalue weighted by atomic mass is 32.2. The molecule has 3 heterocycles. The number of sulfonamides is 1. The topological polar surface area (TPSA) is 117 Å². The van der Waals surface area contributed by atoms with E-state index in [9.17, 15) is 17.6 Å². The molecule has 3 aliphatic rings. The smallest absolute Gasteiger partial charge is 0.283 e. The molecule has 10 nitrogen and oxygen atoms in total. The third-order valence-electron chi connectivity index (χ3n) is 7.63. The SMILES string of the molecule is [C-]#[N+]c1cc(-c2cc(F)c3c(c2CC(=O)NS(=O)(=O)c2cc(C4(OC)COC4)n(C4CC4)n2)CCC3)ccn1. The summed E-state index contributed by atoms with van der Waals surface area (Å²) >= 11 is 0. The quantitative estimate of drug-likeness (QED) is 0.427. The number of rotatable bonds is 8. The number of aromatic nitrogens is 3. The molecular weight excluding hydrogens is 525 g/mol. The van der Waals surface area contributed by atoms with Gasteiger partial charge in [-0.2, -0.15) is 13.5 Å². The lowest BCUT2D eigenvalue weighted by Gasteiger charge is -2.40. The number of hydrogen-bond acceptors (Lipinski definition) is 7. The van der Waals surface area contributed by atoms with Gasteiger partial charge in [-0.15, -0.1) is 4.98 Å². The summed E-state index contributed by atoms with van der Waals surface area (Å²) in [4.78, 5) is 20.5. The van der Waals surface area contributed by atoms with Crippen LogP contribution in [0, 0.1) is 12.4 Å². The van der Waals surface area contributed by atoms with Gasteiger partial charge >= 0.3 is 0 Å². The Labute approximate surface area is 225 Å². The number of pyridine rings is 1. The highest BCUT2D eigenvalue weighted by molar-refractivity contribution is 7.90. The molecule has 3 aromatic rings. The van der Waals surface area contributed by atoms with Gasteiger partial charge in [0.15, 0.2) is 10.6 Å². The first-order valence-corrected chi connectivity index (χ1v) is 14.2. The normalized spacial score (nSPS) is 17.8. The van der Waals surface area contributed by atoms with Crippen molar-refractivity contribution in [1.82, 2.24) is 19.5 Å². The number of hydrogen-bond donors (Lipinski definition) is 1. The summed E-state index contributed by atoms with van der Waals surface area (Å²) in [7, 11) is -2.75. The molecule has 202 valence electrons. The van der Waals surface area contributed by atoms with Crippen molar-refractivity contribution < 1.29 is 27.1 Å². The average molecular weight is 552 g/mol.